The van der Waals surface area contributed by atoms with Crippen LogP contribution in [0.2, 0.25) is 0 Å². The van der Waals surface area contributed by atoms with E-state index in [-0.39, 0.29) is 18.9 Å². The number of benzene rings is 1. The summed E-state index contributed by atoms with van der Waals surface area (Å²) >= 11 is 3.33. The van der Waals surface area contributed by atoms with E-state index in [1.807, 2.05) is 36.4 Å². The SMILES string of the molecule is N#CCc1nc(Cc2ccccc2)n(CC(=O)NC(CCCCBr)B(O)O)n1. The summed E-state index contributed by atoms with van der Waals surface area (Å²) in [6.07, 6.45) is 2.62. The van der Waals surface area contributed by atoms with E-state index in [1.165, 1.54) is 4.68 Å². The molecule has 2 aromatic rings. The predicted molar refractivity (Wildman–Crippen MR) is 108 cm³/mol. The van der Waals surface area contributed by atoms with E-state index in [2.05, 4.69) is 31.3 Å². The fourth-order valence-electron chi connectivity index (χ4n) is 2.75. The van der Waals surface area contributed by atoms with Crippen molar-refractivity contribution in [2.24, 2.45) is 0 Å². The van der Waals surface area contributed by atoms with Gasteiger partial charge in [-0.05, 0) is 18.4 Å². The number of carbonyl (C=O) groups excluding carboxylic acids is 1. The van der Waals surface area contributed by atoms with Gasteiger partial charge in [-0.25, -0.2) is 9.67 Å². The summed E-state index contributed by atoms with van der Waals surface area (Å²) in [6, 6.07) is 11.7. The number of hydrogen-bond donors (Lipinski definition) is 3. The predicted octanol–water partition coefficient (Wildman–Crippen LogP) is 0.997. The Morgan fingerprint density at radius 3 is 2.71 bits per heavy atom. The average Bonchev–Trinajstić information content (AvgIpc) is 3.03. The summed E-state index contributed by atoms with van der Waals surface area (Å²) in [5, 5.41) is 35.6. The maximum Gasteiger partial charge on any atom is 0.475 e. The Balaban J connectivity index is 2.08. The molecule has 0 bridgehead atoms. The Bertz CT molecular complexity index is 794. The number of aromatic nitrogens is 3. The summed E-state index contributed by atoms with van der Waals surface area (Å²) < 4.78 is 1.47. The van der Waals surface area contributed by atoms with Crippen LogP contribution in [0.1, 0.15) is 36.5 Å². The molecule has 0 aliphatic carbocycles. The molecule has 3 N–H and O–H groups in total. The molecule has 2 rings (SSSR count). The van der Waals surface area contributed by atoms with Crippen molar-refractivity contribution in [3.63, 3.8) is 0 Å². The summed E-state index contributed by atoms with van der Waals surface area (Å²) in [6.45, 7) is -0.109. The molecule has 0 saturated carbocycles. The summed E-state index contributed by atoms with van der Waals surface area (Å²) in [4.78, 5) is 16.8. The highest BCUT2D eigenvalue weighted by atomic mass is 79.9. The summed E-state index contributed by atoms with van der Waals surface area (Å²) in [5.74, 6) is -0.199. The van der Waals surface area contributed by atoms with Gasteiger partial charge in [-0.1, -0.05) is 52.7 Å². The highest BCUT2D eigenvalue weighted by Gasteiger charge is 2.25. The minimum Gasteiger partial charge on any atom is -0.426 e. The molecule has 0 radical (unpaired) electrons. The minimum atomic E-state index is -1.63. The third kappa shape index (κ3) is 7.07. The number of nitrogens with one attached hydrogen (secondary N) is 1. The van der Waals surface area contributed by atoms with E-state index in [9.17, 15) is 14.8 Å². The van der Waals surface area contributed by atoms with Crippen molar-refractivity contribution in [2.45, 2.75) is 44.6 Å². The van der Waals surface area contributed by atoms with Gasteiger partial charge < -0.3 is 15.4 Å². The number of carbonyl (C=O) groups is 1. The molecule has 1 aromatic carbocycles. The van der Waals surface area contributed by atoms with Gasteiger partial charge in [-0.2, -0.15) is 10.4 Å². The number of rotatable bonds is 11. The van der Waals surface area contributed by atoms with Crippen LogP contribution in [0.5, 0.6) is 0 Å². The molecule has 148 valence electrons. The maximum absolute atomic E-state index is 12.4. The standard InChI is InChI=1S/C18H23BBrN5O3/c20-10-5-4-8-15(19(27)28)22-18(26)13-25-17(23-16(24-25)9-11-21)12-14-6-2-1-3-7-14/h1-3,6-7,15,27-28H,4-5,8-10,12-13H2,(H,22,26). The highest BCUT2D eigenvalue weighted by molar-refractivity contribution is 9.09. The second-order valence-corrected chi connectivity index (χ2v) is 7.16. The Labute approximate surface area is 172 Å². The van der Waals surface area contributed by atoms with Crippen LogP contribution in [0, 0.1) is 11.3 Å². The molecule has 0 fully saturated rings. The van der Waals surface area contributed by atoms with Gasteiger partial charge in [0.2, 0.25) is 5.91 Å². The topological polar surface area (TPSA) is 124 Å². The van der Waals surface area contributed by atoms with Crippen LogP contribution in [0.25, 0.3) is 0 Å². The molecule has 0 aliphatic rings. The quantitative estimate of drug-likeness (QED) is 0.268. The highest BCUT2D eigenvalue weighted by Crippen LogP contribution is 2.09. The zero-order valence-corrected chi connectivity index (χ0v) is 17.0. The van der Waals surface area contributed by atoms with E-state index in [1.54, 1.807) is 0 Å². The number of nitriles is 1. The molecule has 28 heavy (non-hydrogen) atoms. The molecule has 1 atom stereocenters. The smallest absolute Gasteiger partial charge is 0.426 e. The molecule has 0 saturated heterocycles. The van der Waals surface area contributed by atoms with Crippen molar-refractivity contribution in [2.75, 3.05) is 5.33 Å². The van der Waals surface area contributed by atoms with Gasteiger partial charge in [0, 0.05) is 11.8 Å². The zero-order valence-electron chi connectivity index (χ0n) is 15.5. The fourth-order valence-corrected chi connectivity index (χ4v) is 3.15. The molecule has 1 heterocycles. The molecule has 1 unspecified atom stereocenters. The van der Waals surface area contributed by atoms with Gasteiger partial charge in [0.15, 0.2) is 5.82 Å². The number of halogens is 1. The fraction of sp³-hybridized carbons (Fsp3) is 0.444. The van der Waals surface area contributed by atoms with Crippen LogP contribution >= 0.6 is 15.9 Å². The van der Waals surface area contributed by atoms with Crippen molar-refractivity contribution >= 4 is 29.0 Å². The van der Waals surface area contributed by atoms with Crippen LogP contribution in [-0.4, -0.2) is 49.1 Å². The lowest BCUT2D eigenvalue weighted by Crippen LogP contribution is -2.47. The van der Waals surface area contributed by atoms with Crippen LogP contribution < -0.4 is 5.32 Å². The van der Waals surface area contributed by atoms with Crippen molar-refractivity contribution in [1.29, 1.82) is 5.26 Å². The van der Waals surface area contributed by atoms with Crippen molar-refractivity contribution < 1.29 is 14.8 Å². The number of alkyl halides is 1. The third-order valence-corrected chi connectivity index (χ3v) is 4.69. The average molecular weight is 448 g/mol. The molecule has 10 heteroatoms. The Morgan fingerprint density at radius 1 is 1.32 bits per heavy atom. The first-order valence-corrected chi connectivity index (χ1v) is 10.2. The molecule has 1 aromatic heterocycles. The third-order valence-electron chi connectivity index (χ3n) is 4.13. The monoisotopic (exact) mass is 447 g/mol. The second kappa shape index (κ2) is 11.6. The van der Waals surface area contributed by atoms with Gasteiger partial charge >= 0.3 is 7.12 Å². The summed E-state index contributed by atoms with van der Waals surface area (Å²) in [5.41, 5.74) is 1.01. The molecule has 1 amide bonds. The van der Waals surface area contributed by atoms with E-state index in [0.29, 0.717) is 24.5 Å². The number of nitrogens with zero attached hydrogens (tertiary/aromatic N) is 4. The lowest BCUT2D eigenvalue weighted by atomic mass is 9.76. The number of amides is 1. The molecular formula is C18H23BBrN5O3. The number of unbranched alkanes of at least 4 members (excludes halogenated alkanes) is 1. The van der Waals surface area contributed by atoms with Crippen molar-refractivity contribution in [3.8, 4) is 6.07 Å². The molecule has 0 aliphatic heterocycles. The first-order valence-electron chi connectivity index (χ1n) is 9.08. The van der Waals surface area contributed by atoms with Gasteiger partial charge in [-0.3, -0.25) is 4.79 Å². The normalized spacial score (nSPS) is 11.6. The first kappa shape index (κ1) is 22.1. The van der Waals surface area contributed by atoms with Gasteiger partial charge in [0.1, 0.15) is 12.4 Å². The van der Waals surface area contributed by atoms with Gasteiger partial charge in [0.25, 0.3) is 0 Å². The Morgan fingerprint density at radius 2 is 2.07 bits per heavy atom. The van der Waals surface area contributed by atoms with E-state index in [0.717, 1.165) is 23.7 Å². The van der Waals surface area contributed by atoms with Crippen LogP contribution in [0.4, 0.5) is 0 Å². The Hall–Kier alpha value is -2.22. The van der Waals surface area contributed by atoms with Crippen molar-refractivity contribution in [1.82, 2.24) is 20.1 Å². The van der Waals surface area contributed by atoms with E-state index in [4.69, 9.17) is 5.26 Å². The molecule has 0 spiro atoms. The summed E-state index contributed by atoms with van der Waals surface area (Å²) in [7, 11) is -1.63. The van der Waals surface area contributed by atoms with Crippen LogP contribution in [-0.2, 0) is 24.2 Å². The largest absolute Gasteiger partial charge is 0.475 e. The molecule has 8 nitrogen and oxygen atoms in total. The Kier molecular flexibility index (Phi) is 9.14. The maximum atomic E-state index is 12.4. The van der Waals surface area contributed by atoms with Crippen LogP contribution in [0.3, 0.4) is 0 Å². The zero-order chi connectivity index (χ0) is 20.4. The van der Waals surface area contributed by atoms with Gasteiger partial charge in [0.05, 0.1) is 18.4 Å². The molecular weight excluding hydrogens is 425 g/mol. The minimum absolute atomic E-state index is 0.0565. The lowest BCUT2D eigenvalue weighted by Gasteiger charge is -2.17. The van der Waals surface area contributed by atoms with Gasteiger partial charge in [-0.15, -0.1) is 0 Å². The number of hydrogen-bond acceptors (Lipinski definition) is 6. The van der Waals surface area contributed by atoms with Crippen molar-refractivity contribution in [3.05, 3.63) is 47.5 Å². The van der Waals surface area contributed by atoms with E-state index >= 15 is 0 Å². The van der Waals surface area contributed by atoms with Crippen LogP contribution in [0.15, 0.2) is 30.3 Å². The lowest BCUT2D eigenvalue weighted by molar-refractivity contribution is -0.122. The first-order chi connectivity index (χ1) is 13.5. The second-order valence-electron chi connectivity index (χ2n) is 6.37. The van der Waals surface area contributed by atoms with E-state index < -0.39 is 13.1 Å².